The Morgan fingerprint density at radius 1 is 1.40 bits per heavy atom. The van der Waals surface area contributed by atoms with Crippen molar-refractivity contribution in [2.75, 3.05) is 6.26 Å². The van der Waals surface area contributed by atoms with Crippen LogP contribution < -0.4 is 0 Å². The number of thioether (sulfide) groups is 1. The van der Waals surface area contributed by atoms with Crippen LogP contribution in [0.15, 0.2) is 23.2 Å². The van der Waals surface area contributed by atoms with Crippen molar-refractivity contribution >= 4 is 28.4 Å². The lowest BCUT2D eigenvalue weighted by molar-refractivity contribution is 0.515. The summed E-state index contributed by atoms with van der Waals surface area (Å²) in [6, 6.07) is 6.07. The molecule has 0 bridgehead atoms. The second-order valence-electron chi connectivity index (χ2n) is 4.41. The van der Waals surface area contributed by atoms with Crippen LogP contribution in [0.25, 0.3) is 0 Å². The van der Waals surface area contributed by atoms with E-state index < -0.39 is 0 Å². The van der Waals surface area contributed by atoms with Crippen molar-refractivity contribution in [1.29, 1.82) is 0 Å². The molecule has 0 aliphatic carbocycles. The Balaban J connectivity index is 2.55. The Bertz CT molecular complexity index is 424. The average Bonchev–Trinajstić information content (AvgIpc) is 2.14. The maximum Gasteiger partial charge on any atom is 0.0983 e. The van der Waals surface area contributed by atoms with Gasteiger partial charge in [0.15, 0.2) is 0 Å². The van der Waals surface area contributed by atoms with Gasteiger partial charge in [-0.25, -0.2) is 0 Å². The first kappa shape index (κ1) is 11.0. The molecule has 0 amide bonds. The molecule has 0 aromatic heterocycles. The lowest BCUT2D eigenvalue weighted by atomic mass is 9.90. The normalized spacial score (nSPS) is 18.3. The Kier molecular flexibility index (Phi) is 2.82. The molecule has 0 spiro atoms. The number of benzene rings is 1. The molecule has 0 N–H and O–H groups in total. The average molecular weight is 240 g/mol. The zero-order valence-corrected chi connectivity index (χ0v) is 10.7. The topological polar surface area (TPSA) is 12.4 Å². The van der Waals surface area contributed by atoms with E-state index in [-0.39, 0.29) is 5.54 Å². The van der Waals surface area contributed by atoms with E-state index in [2.05, 4.69) is 32.2 Å². The molecule has 1 aromatic carbocycles. The molecular weight excluding hydrogens is 226 g/mol. The van der Waals surface area contributed by atoms with Crippen LogP contribution in [0.2, 0.25) is 5.02 Å². The van der Waals surface area contributed by atoms with Crippen molar-refractivity contribution in [1.82, 2.24) is 0 Å². The van der Waals surface area contributed by atoms with Gasteiger partial charge in [0, 0.05) is 10.6 Å². The highest BCUT2D eigenvalue weighted by atomic mass is 35.5. The second-order valence-corrected chi connectivity index (χ2v) is 5.64. The number of hydrogen-bond acceptors (Lipinski definition) is 2. The Morgan fingerprint density at radius 3 is 2.80 bits per heavy atom. The molecule has 1 heterocycles. The first-order chi connectivity index (χ1) is 7.02. The van der Waals surface area contributed by atoms with Crippen molar-refractivity contribution in [3.05, 3.63) is 34.3 Å². The Morgan fingerprint density at radius 2 is 2.13 bits per heavy atom. The second kappa shape index (κ2) is 3.84. The van der Waals surface area contributed by atoms with E-state index in [0.29, 0.717) is 0 Å². The summed E-state index contributed by atoms with van der Waals surface area (Å²) in [5.74, 6) is 0. The van der Waals surface area contributed by atoms with Gasteiger partial charge in [0.2, 0.25) is 0 Å². The van der Waals surface area contributed by atoms with Crippen LogP contribution in [-0.4, -0.2) is 16.8 Å². The summed E-state index contributed by atoms with van der Waals surface area (Å²) in [7, 11) is 0. The maximum absolute atomic E-state index is 6.01. The van der Waals surface area contributed by atoms with Gasteiger partial charge in [-0.1, -0.05) is 17.7 Å². The summed E-state index contributed by atoms with van der Waals surface area (Å²) in [5, 5.41) is 1.94. The van der Waals surface area contributed by atoms with Gasteiger partial charge in [0.1, 0.15) is 0 Å². The molecule has 3 heteroatoms. The van der Waals surface area contributed by atoms with Crippen molar-refractivity contribution < 1.29 is 0 Å². The molecule has 0 radical (unpaired) electrons. The van der Waals surface area contributed by atoms with Crippen molar-refractivity contribution in [2.45, 2.75) is 25.8 Å². The van der Waals surface area contributed by atoms with Gasteiger partial charge in [-0.05, 0) is 44.2 Å². The third-order valence-electron chi connectivity index (χ3n) is 2.52. The van der Waals surface area contributed by atoms with Crippen LogP contribution in [0.3, 0.4) is 0 Å². The van der Waals surface area contributed by atoms with Crippen LogP contribution in [0.5, 0.6) is 0 Å². The van der Waals surface area contributed by atoms with Crippen molar-refractivity contribution in [3.63, 3.8) is 0 Å². The van der Waals surface area contributed by atoms with Crippen LogP contribution in [-0.2, 0) is 6.42 Å². The summed E-state index contributed by atoms with van der Waals surface area (Å²) >= 11 is 7.72. The fourth-order valence-electron chi connectivity index (χ4n) is 1.91. The summed E-state index contributed by atoms with van der Waals surface area (Å²) in [6.07, 6.45) is 3.03. The third kappa shape index (κ3) is 2.21. The molecule has 0 fully saturated rings. The number of aliphatic imine (C=N–C) groups is 1. The smallest absolute Gasteiger partial charge is 0.0983 e. The van der Waals surface area contributed by atoms with Crippen molar-refractivity contribution in [2.24, 2.45) is 4.99 Å². The summed E-state index contributed by atoms with van der Waals surface area (Å²) in [5.41, 5.74) is 2.55. The molecule has 1 aromatic rings. The SMILES string of the molecule is CSC1=NC(C)(C)Cc2cc(Cl)ccc21. The largest absolute Gasteiger partial charge is 0.271 e. The first-order valence-corrected chi connectivity index (χ1v) is 6.55. The first-order valence-electron chi connectivity index (χ1n) is 4.94. The summed E-state index contributed by atoms with van der Waals surface area (Å²) in [4.78, 5) is 4.74. The predicted molar refractivity (Wildman–Crippen MR) is 69.3 cm³/mol. The van der Waals surface area contributed by atoms with Crippen LogP contribution >= 0.6 is 23.4 Å². The van der Waals surface area contributed by atoms with Gasteiger partial charge >= 0.3 is 0 Å². The van der Waals surface area contributed by atoms with E-state index in [0.717, 1.165) is 16.5 Å². The lowest BCUT2D eigenvalue weighted by Crippen LogP contribution is -2.27. The van der Waals surface area contributed by atoms with Gasteiger partial charge < -0.3 is 0 Å². The molecule has 1 aliphatic heterocycles. The summed E-state index contributed by atoms with van der Waals surface area (Å²) in [6.45, 7) is 4.32. The van der Waals surface area contributed by atoms with Crippen molar-refractivity contribution in [3.8, 4) is 0 Å². The minimum atomic E-state index is -0.00394. The van der Waals surface area contributed by atoms with E-state index in [1.54, 1.807) is 11.8 Å². The maximum atomic E-state index is 6.01. The molecule has 1 aliphatic rings. The molecule has 0 atom stereocenters. The van der Waals surface area contributed by atoms with Gasteiger partial charge in [0.25, 0.3) is 0 Å². The molecule has 80 valence electrons. The molecule has 2 rings (SSSR count). The van der Waals surface area contributed by atoms with E-state index in [1.807, 2.05) is 6.07 Å². The van der Waals surface area contributed by atoms with E-state index >= 15 is 0 Å². The van der Waals surface area contributed by atoms with Crippen LogP contribution in [0.1, 0.15) is 25.0 Å². The fourth-order valence-corrected chi connectivity index (χ4v) is 2.87. The lowest BCUT2D eigenvalue weighted by Gasteiger charge is -2.28. The number of halogens is 1. The molecule has 15 heavy (non-hydrogen) atoms. The molecular formula is C12H14ClNS. The zero-order chi connectivity index (χ0) is 11.1. The van der Waals surface area contributed by atoms with E-state index in [9.17, 15) is 0 Å². The Hall–Kier alpha value is -0.470. The Labute approximate surface area is 99.9 Å². The van der Waals surface area contributed by atoms with E-state index in [4.69, 9.17) is 16.6 Å². The van der Waals surface area contributed by atoms with Crippen LogP contribution in [0.4, 0.5) is 0 Å². The molecule has 0 unspecified atom stereocenters. The number of nitrogens with zero attached hydrogens (tertiary/aromatic N) is 1. The number of hydrogen-bond donors (Lipinski definition) is 0. The minimum Gasteiger partial charge on any atom is -0.271 e. The van der Waals surface area contributed by atoms with Gasteiger partial charge in [0.05, 0.1) is 10.6 Å². The molecule has 0 saturated heterocycles. The summed E-state index contributed by atoms with van der Waals surface area (Å²) < 4.78 is 0. The highest BCUT2D eigenvalue weighted by Gasteiger charge is 2.26. The molecule has 0 saturated carbocycles. The zero-order valence-electron chi connectivity index (χ0n) is 9.17. The predicted octanol–water partition coefficient (Wildman–Crippen LogP) is 3.78. The van der Waals surface area contributed by atoms with Gasteiger partial charge in [-0.2, -0.15) is 0 Å². The standard InChI is InChI=1S/C12H14ClNS/c1-12(2)7-8-6-9(13)4-5-10(8)11(14-12)15-3/h4-6H,7H2,1-3H3. The van der Waals surface area contributed by atoms with Gasteiger partial charge in [-0.3, -0.25) is 4.99 Å². The van der Waals surface area contributed by atoms with Gasteiger partial charge in [-0.15, -0.1) is 11.8 Å². The highest BCUT2D eigenvalue weighted by Crippen LogP contribution is 2.31. The third-order valence-corrected chi connectivity index (χ3v) is 3.45. The number of rotatable bonds is 0. The highest BCUT2D eigenvalue weighted by molar-refractivity contribution is 8.13. The minimum absolute atomic E-state index is 0.00394. The fraction of sp³-hybridized carbons (Fsp3) is 0.417. The van der Waals surface area contributed by atoms with Crippen LogP contribution in [0, 0.1) is 0 Å². The number of fused-ring (bicyclic) bond motifs is 1. The molecule has 1 nitrogen and oxygen atoms in total. The monoisotopic (exact) mass is 239 g/mol. The van der Waals surface area contributed by atoms with E-state index in [1.165, 1.54) is 11.1 Å². The quantitative estimate of drug-likeness (QED) is 0.671.